The van der Waals surface area contributed by atoms with Crippen LogP contribution in [0.15, 0.2) is 24.3 Å². The Balaban J connectivity index is 1.62. The average molecular weight is 301 g/mol. The summed E-state index contributed by atoms with van der Waals surface area (Å²) in [6, 6.07) is 8.35. The van der Waals surface area contributed by atoms with E-state index in [2.05, 4.69) is 39.0 Å². The monoisotopic (exact) mass is 301 g/mol. The largest absolute Gasteiger partial charge is 0.487 e. The molecule has 3 rings (SSSR count). The van der Waals surface area contributed by atoms with Crippen molar-refractivity contribution < 1.29 is 9.53 Å². The van der Waals surface area contributed by atoms with Crippen LogP contribution in [0.3, 0.4) is 0 Å². The number of fused-ring (bicyclic) bond motifs is 1. The Morgan fingerprint density at radius 2 is 1.86 bits per heavy atom. The SMILES string of the molecule is CC(C)(C)CC(=O)N1CCC2(CCc3ccccc3O2)CC1. The summed E-state index contributed by atoms with van der Waals surface area (Å²) in [6.07, 6.45) is 4.70. The predicted octanol–water partition coefficient (Wildman–Crippen LogP) is 3.81. The normalized spacial score (nSPS) is 20.4. The summed E-state index contributed by atoms with van der Waals surface area (Å²) in [6.45, 7) is 8.03. The second kappa shape index (κ2) is 5.60. The number of piperidine rings is 1. The van der Waals surface area contributed by atoms with E-state index in [-0.39, 0.29) is 11.0 Å². The lowest BCUT2D eigenvalue weighted by atomic mass is 9.82. The van der Waals surface area contributed by atoms with Gasteiger partial charge in [-0.15, -0.1) is 0 Å². The lowest BCUT2D eigenvalue weighted by molar-refractivity contribution is -0.137. The quantitative estimate of drug-likeness (QED) is 0.789. The van der Waals surface area contributed by atoms with Crippen molar-refractivity contribution in [3.63, 3.8) is 0 Å². The fourth-order valence-electron chi connectivity index (χ4n) is 3.54. The van der Waals surface area contributed by atoms with Crippen LogP contribution < -0.4 is 4.74 Å². The van der Waals surface area contributed by atoms with Crippen LogP contribution in [0.1, 0.15) is 52.0 Å². The van der Waals surface area contributed by atoms with E-state index in [1.807, 2.05) is 11.0 Å². The van der Waals surface area contributed by atoms with Gasteiger partial charge in [-0.1, -0.05) is 39.0 Å². The lowest BCUT2D eigenvalue weighted by Gasteiger charge is -2.45. The molecule has 0 bridgehead atoms. The number of likely N-dealkylation sites (tertiary alicyclic amines) is 1. The van der Waals surface area contributed by atoms with Gasteiger partial charge in [-0.25, -0.2) is 0 Å². The molecule has 1 saturated heterocycles. The molecule has 1 aromatic carbocycles. The van der Waals surface area contributed by atoms with Crippen molar-refractivity contribution in [3.05, 3.63) is 29.8 Å². The molecule has 1 fully saturated rings. The van der Waals surface area contributed by atoms with Gasteiger partial charge in [0, 0.05) is 32.4 Å². The zero-order valence-corrected chi connectivity index (χ0v) is 14.0. The smallest absolute Gasteiger partial charge is 0.223 e. The number of para-hydroxylation sites is 1. The van der Waals surface area contributed by atoms with Gasteiger partial charge in [0.2, 0.25) is 5.91 Å². The summed E-state index contributed by atoms with van der Waals surface area (Å²) in [5.41, 5.74) is 1.33. The van der Waals surface area contributed by atoms with E-state index in [0.717, 1.165) is 44.5 Å². The minimum atomic E-state index is -0.0487. The van der Waals surface area contributed by atoms with Crippen LogP contribution in [-0.2, 0) is 11.2 Å². The molecule has 0 aromatic heterocycles. The van der Waals surface area contributed by atoms with E-state index in [1.165, 1.54) is 5.56 Å². The summed E-state index contributed by atoms with van der Waals surface area (Å²) in [4.78, 5) is 14.4. The molecule has 1 aromatic rings. The molecule has 2 heterocycles. The second-order valence-corrected chi connectivity index (χ2v) is 8.01. The number of aryl methyl sites for hydroxylation is 1. The van der Waals surface area contributed by atoms with Crippen molar-refractivity contribution in [1.82, 2.24) is 4.90 Å². The van der Waals surface area contributed by atoms with Crippen molar-refractivity contribution >= 4 is 5.91 Å². The van der Waals surface area contributed by atoms with Gasteiger partial charge < -0.3 is 9.64 Å². The minimum Gasteiger partial charge on any atom is -0.487 e. The summed E-state index contributed by atoms with van der Waals surface area (Å²) in [5.74, 6) is 1.33. The van der Waals surface area contributed by atoms with Crippen LogP contribution in [0.5, 0.6) is 5.75 Å². The molecule has 0 N–H and O–H groups in total. The molecule has 1 amide bonds. The Kier molecular flexibility index (Phi) is 3.92. The molecule has 120 valence electrons. The van der Waals surface area contributed by atoms with E-state index in [0.29, 0.717) is 12.3 Å². The van der Waals surface area contributed by atoms with Crippen LogP contribution in [0.4, 0.5) is 0 Å². The third-order valence-corrected chi connectivity index (χ3v) is 4.86. The summed E-state index contributed by atoms with van der Waals surface area (Å²) in [7, 11) is 0. The molecule has 0 unspecified atom stereocenters. The number of rotatable bonds is 1. The molecule has 1 spiro atoms. The maximum absolute atomic E-state index is 12.4. The maximum atomic E-state index is 12.4. The van der Waals surface area contributed by atoms with Crippen LogP contribution in [0.2, 0.25) is 0 Å². The van der Waals surface area contributed by atoms with Gasteiger partial charge in [0.05, 0.1) is 0 Å². The van der Waals surface area contributed by atoms with Crippen molar-refractivity contribution in [1.29, 1.82) is 0 Å². The third-order valence-electron chi connectivity index (χ3n) is 4.86. The van der Waals surface area contributed by atoms with Crippen LogP contribution >= 0.6 is 0 Å². The van der Waals surface area contributed by atoms with Gasteiger partial charge in [-0.2, -0.15) is 0 Å². The first-order valence-electron chi connectivity index (χ1n) is 8.42. The zero-order chi connectivity index (χ0) is 15.8. The molecule has 3 nitrogen and oxygen atoms in total. The zero-order valence-electron chi connectivity index (χ0n) is 14.0. The fraction of sp³-hybridized carbons (Fsp3) is 0.632. The Labute approximate surface area is 133 Å². The molecular weight excluding hydrogens is 274 g/mol. The molecule has 0 saturated carbocycles. The molecule has 2 aliphatic rings. The highest BCUT2D eigenvalue weighted by Crippen LogP contribution is 2.39. The standard InChI is InChI=1S/C19H27NO2/c1-18(2,3)14-17(21)20-12-10-19(11-13-20)9-8-15-6-4-5-7-16(15)22-19/h4-7H,8-14H2,1-3H3. The number of amides is 1. The lowest BCUT2D eigenvalue weighted by Crippen LogP contribution is -2.51. The molecule has 22 heavy (non-hydrogen) atoms. The highest BCUT2D eigenvalue weighted by atomic mass is 16.5. The first-order valence-corrected chi connectivity index (χ1v) is 8.42. The third kappa shape index (κ3) is 3.29. The number of ether oxygens (including phenoxy) is 1. The summed E-state index contributed by atoms with van der Waals surface area (Å²) in [5, 5.41) is 0. The summed E-state index contributed by atoms with van der Waals surface area (Å²) < 4.78 is 6.35. The van der Waals surface area contributed by atoms with E-state index in [4.69, 9.17) is 4.74 Å². The Morgan fingerprint density at radius 3 is 2.55 bits per heavy atom. The average Bonchev–Trinajstić information content (AvgIpc) is 2.46. The summed E-state index contributed by atoms with van der Waals surface area (Å²) >= 11 is 0. The maximum Gasteiger partial charge on any atom is 0.223 e. The van der Waals surface area contributed by atoms with Gasteiger partial charge in [-0.3, -0.25) is 4.79 Å². The number of carbonyl (C=O) groups excluding carboxylic acids is 1. The van der Waals surface area contributed by atoms with E-state index < -0.39 is 0 Å². The van der Waals surface area contributed by atoms with E-state index in [9.17, 15) is 4.79 Å². The van der Waals surface area contributed by atoms with Gasteiger partial charge in [-0.05, 0) is 29.9 Å². The van der Waals surface area contributed by atoms with E-state index >= 15 is 0 Å². The van der Waals surface area contributed by atoms with Gasteiger partial charge >= 0.3 is 0 Å². The first kappa shape index (κ1) is 15.4. The minimum absolute atomic E-state index is 0.0487. The molecule has 0 atom stereocenters. The van der Waals surface area contributed by atoms with Crippen molar-refractivity contribution in [3.8, 4) is 5.75 Å². The fourth-order valence-corrected chi connectivity index (χ4v) is 3.54. The Bertz CT molecular complexity index is 551. The van der Waals surface area contributed by atoms with Gasteiger partial charge in [0.1, 0.15) is 11.4 Å². The van der Waals surface area contributed by atoms with Gasteiger partial charge in [0.15, 0.2) is 0 Å². The molecular formula is C19H27NO2. The highest BCUT2D eigenvalue weighted by Gasteiger charge is 2.40. The first-order chi connectivity index (χ1) is 10.4. The topological polar surface area (TPSA) is 29.5 Å². The number of hydrogen-bond acceptors (Lipinski definition) is 2. The number of benzene rings is 1. The molecule has 0 radical (unpaired) electrons. The van der Waals surface area contributed by atoms with E-state index in [1.54, 1.807) is 0 Å². The number of nitrogens with zero attached hydrogens (tertiary/aromatic N) is 1. The molecule has 3 heteroatoms. The Morgan fingerprint density at radius 1 is 1.18 bits per heavy atom. The second-order valence-electron chi connectivity index (χ2n) is 8.01. The van der Waals surface area contributed by atoms with Crippen molar-refractivity contribution in [2.24, 2.45) is 5.41 Å². The Hall–Kier alpha value is -1.51. The number of hydrogen-bond donors (Lipinski definition) is 0. The van der Waals surface area contributed by atoms with Crippen LogP contribution in [-0.4, -0.2) is 29.5 Å². The predicted molar refractivity (Wildman–Crippen MR) is 88.0 cm³/mol. The molecule has 0 aliphatic carbocycles. The van der Waals surface area contributed by atoms with Crippen LogP contribution in [0.25, 0.3) is 0 Å². The number of carbonyl (C=O) groups is 1. The van der Waals surface area contributed by atoms with Crippen molar-refractivity contribution in [2.45, 2.75) is 58.5 Å². The highest BCUT2D eigenvalue weighted by molar-refractivity contribution is 5.77. The van der Waals surface area contributed by atoms with Gasteiger partial charge in [0.25, 0.3) is 0 Å². The molecule has 2 aliphatic heterocycles. The van der Waals surface area contributed by atoms with Crippen molar-refractivity contribution in [2.75, 3.05) is 13.1 Å². The van der Waals surface area contributed by atoms with Crippen LogP contribution in [0, 0.1) is 5.41 Å².